The van der Waals surface area contributed by atoms with E-state index in [4.69, 9.17) is 0 Å². The number of fused-ring (bicyclic) bond motifs is 1. The molecular formula is C16H14F3NO. The highest BCUT2D eigenvalue weighted by Gasteiger charge is 2.30. The summed E-state index contributed by atoms with van der Waals surface area (Å²) in [7, 11) is 0. The molecule has 1 aromatic carbocycles. The van der Waals surface area contributed by atoms with Gasteiger partial charge in [-0.2, -0.15) is 13.2 Å². The molecule has 0 spiro atoms. The minimum atomic E-state index is -4.33. The lowest BCUT2D eigenvalue weighted by Gasteiger charge is -2.23. The van der Waals surface area contributed by atoms with Gasteiger partial charge in [0, 0.05) is 23.5 Å². The van der Waals surface area contributed by atoms with Crippen molar-refractivity contribution in [3.8, 4) is 11.1 Å². The molecule has 0 fully saturated rings. The first kappa shape index (κ1) is 14.1. The van der Waals surface area contributed by atoms with Crippen LogP contribution in [-0.4, -0.2) is 10.1 Å². The summed E-state index contributed by atoms with van der Waals surface area (Å²) in [6.07, 6.45) is 0.813. The second kappa shape index (κ2) is 5.15. The van der Waals surface area contributed by atoms with Crippen molar-refractivity contribution in [3.63, 3.8) is 0 Å². The van der Waals surface area contributed by atoms with Crippen LogP contribution in [0.25, 0.3) is 11.1 Å². The predicted molar refractivity (Wildman–Crippen MR) is 72.6 cm³/mol. The summed E-state index contributed by atoms with van der Waals surface area (Å²) >= 11 is 0. The maximum Gasteiger partial charge on any atom is 0.416 e. The van der Waals surface area contributed by atoms with Gasteiger partial charge in [0.25, 0.3) is 0 Å². The van der Waals surface area contributed by atoms with Crippen LogP contribution >= 0.6 is 0 Å². The fourth-order valence-electron chi connectivity index (χ4n) is 2.78. The van der Waals surface area contributed by atoms with E-state index in [1.807, 2.05) is 0 Å². The molecule has 1 aromatic heterocycles. The minimum absolute atomic E-state index is 0.532. The first-order valence-electron chi connectivity index (χ1n) is 6.79. The molecule has 1 heterocycles. The average Bonchev–Trinajstić information content (AvgIpc) is 2.46. The Morgan fingerprint density at radius 1 is 1.10 bits per heavy atom. The van der Waals surface area contributed by atoms with Crippen LogP contribution in [0.1, 0.15) is 35.6 Å². The number of aliphatic hydroxyl groups excluding tert-OH is 1. The number of hydrogen-bond donors (Lipinski definition) is 1. The largest absolute Gasteiger partial charge is 0.416 e. The third-order valence-corrected chi connectivity index (χ3v) is 3.88. The fraction of sp³-hybridized carbons (Fsp3) is 0.312. The zero-order chi connectivity index (χ0) is 15.0. The molecule has 1 atom stereocenters. The van der Waals surface area contributed by atoms with Crippen molar-refractivity contribution >= 4 is 0 Å². The molecule has 0 saturated carbocycles. The Hall–Kier alpha value is -1.88. The normalized spacial score (nSPS) is 18.4. The van der Waals surface area contributed by atoms with Gasteiger partial charge in [0.05, 0.1) is 11.7 Å². The van der Waals surface area contributed by atoms with Crippen LogP contribution in [0.5, 0.6) is 0 Å². The second-order valence-electron chi connectivity index (χ2n) is 5.24. The number of aromatic nitrogens is 1. The number of halogens is 3. The van der Waals surface area contributed by atoms with Gasteiger partial charge in [0.15, 0.2) is 0 Å². The molecule has 0 radical (unpaired) electrons. The van der Waals surface area contributed by atoms with Gasteiger partial charge in [-0.25, -0.2) is 0 Å². The van der Waals surface area contributed by atoms with Gasteiger partial charge in [0.1, 0.15) is 0 Å². The molecule has 0 saturated heterocycles. The average molecular weight is 293 g/mol. The fourth-order valence-corrected chi connectivity index (χ4v) is 2.78. The monoisotopic (exact) mass is 293 g/mol. The lowest BCUT2D eigenvalue weighted by atomic mass is 9.86. The third-order valence-electron chi connectivity index (χ3n) is 3.88. The molecule has 0 amide bonds. The van der Waals surface area contributed by atoms with Crippen LogP contribution in [0.3, 0.4) is 0 Å². The molecule has 2 aromatic rings. The lowest BCUT2D eigenvalue weighted by molar-refractivity contribution is -0.137. The Morgan fingerprint density at radius 2 is 1.81 bits per heavy atom. The maximum atomic E-state index is 12.6. The number of nitrogens with zero attached hydrogens (tertiary/aromatic N) is 1. The Bertz CT molecular complexity index is 650. The molecule has 1 aliphatic carbocycles. The molecule has 0 bridgehead atoms. The molecule has 5 heteroatoms. The van der Waals surface area contributed by atoms with Crippen molar-refractivity contribution in [1.29, 1.82) is 0 Å². The van der Waals surface area contributed by atoms with Crippen molar-refractivity contribution < 1.29 is 18.3 Å². The molecule has 110 valence electrons. The van der Waals surface area contributed by atoms with E-state index in [0.717, 1.165) is 41.7 Å². The van der Waals surface area contributed by atoms with Gasteiger partial charge in [-0.05, 0) is 42.5 Å². The summed E-state index contributed by atoms with van der Waals surface area (Å²) in [5, 5.41) is 9.99. The number of hydrogen-bond acceptors (Lipinski definition) is 2. The van der Waals surface area contributed by atoms with E-state index in [1.54, 1.807) is 12.4 Å². The van der Waals surface area contributed by atoms with Crippen molar-refractivity contribution in [2.24, 2.45) is 0 Å². The molecule has 0 aliphatic heterocycles. The Balaban J connectivity index is 2.03. The first-order chi connectivity index (χ1) is 9.97. The number of alkyl halides is 3. The van der Waals surface area contributed by atoms with E-state index in [-0.39, 0.29) is 0 Å². The number of benzene rings is 1. The summed E-state index contributed by atoms with van der Waals surface area (Å²) in [6, 6.07) is 5.07. The Morgan fingerprint density at radius 3 is 2.48 bits per heavy atom. The summed E-state index contributed by atoms with van der Waals surface area (Å²) in [6.45, 7) is 0. The summed E-state index contributed by atoms with van der Waals surface area (Å²) < 4.78 is 37.8. The van der Waals surface area contributed by atoms with Crippen molar-refractivity contribution in [1.82, 2.24) is 4.98 Å². The van der Waals surface area contributed by atoms with Crippen LogP contribution < -0.4 is 0 Å². The zero-order valence-corrected chi connectivity index (χ0v) is 11.2. The molecule has 3 rings (SSSR count). The van der Waals surface area contributed by atoms with Gasteiger partial charge in [-0.15, -0.1) is 0 Å². The number of aliphatic hydroxyl groups is 1. The second-order valence-corrected chi connectivity index (χ2v) is 5.24. The number of rotatable bonds is 1. The van der Waals surface area contributed by atoms with Gasteiger partial charge in [-0.3, -0.25) is 4.98 Å². The smallest absolute Gasteiger partial charge is 0.388 e. The highest BCUT2D eigenvalue weighted by atomic mass is 19.4. The predicted octanol–water partition coefficient (Wildman–Crippen LogP) is 4.14. The minimum Gasteiger partial charge on any atom is -0.388 e. The Labute approximate surface area is 120 Å². The zero-order valence-electron chi connectivity index (χ0n) is 11.2. The van der Waals surface area contributed by atoms with Gasteiger partial charge in [0.2, 0.25) is 0 Å². The van der Waals surface area contributed by atoms with Crippen molar-refractivity contribution in [2.45, 2.75) is 31.5 Å². The van der Waals surface area contributed by atoms with E-state index < -0.39 is 17.8 Å². The number of pyridine rings is 1. The van der Waals surface area contributed by atoms with Gasteiger partial charge >= 0.3 is 6.18 Å². The van der Waals surface area contributed by atoms with E-state index in [0.29, 0.717) is 12.0 Å². The van der Waals surface area contributed by atoms with E-state index in [1.165, 1.54) is 12.1 Å². The highest BCUT2D eigenvalue weighted by Crippen LogP contribution is 2.36. The molecule has 1 aliphatic rings. The van der Waals surface area contributed by atoms with Gasteiger partial charge < -0.3 is 5.11 Å². The standard InChI is InChI=1S/C16H14F3NO/c17-16(18,19)11-6-4-10(5-7-11)13-8-20-9-14-12(13)2-1-3-15(14)21/h4-9,15,21H,1-3H2/t15-/m0/s1. The molecule has 21 heavy (non-hydrogen) atoms. The molecule has 1 N–H and O–H groups in total. The quantitative estimate of drug-likeness (QED) is 0.857. The van der Waals surface area contributed by atoms with Crippen molar-refractivity contribution in [2.75, 3.05) is 0 Å². The van der Waals surface area contributed by atoms with Crippen LogP contribution in [0.15, 0.2) is 36.7 Å². The lowest BCUT2D eigenvalue weighted by Crippen LogP contribution is -2.11. The van der Waals surface area contributed by atoms with E-state index in [9.17, 15) is 18.3 Å². The molecule has 2 nitrogen and oxygen atoms in total. The van der Waals surface area contributed by atoms with E-state index in [2.05, 4.69) is 4.98 Å². The Kier molecular flexibility index (Phi) is 3.45. The van der Waals surface area contributed by atoms with Crippen LogP contribution in [0, 0.1) is 0 Å². The third kappa shape index (κ3) is 2.65. The van der Waals surface area contributed by atoms with Crippen molar-refractivity contribution in [3.05, 3.63) is 53.3 Å². The molecule has 0 unspecified atom stereocenters. The summed E-state index contributed by atoms with van der Waals surface area (Å²) in [5.74, 6) is 0. The topological polar surface area (TPSA) is 33.1 Å². The SMILES string of the molecule is O[C@H]1CCCc2c(-c3ccc(C(F)(F)F)cc3)cncc21. The molecular weight excluding hydrogens is 279 g/mol. The first-order valence-corrected chi connectivity index (χ1v) is 6.79. The summed E-state index contributed by atoms with van der Waals surface area (Å²) in [4.78, 5) is 4.11. The maximum absolute atomic E-state index is 12.6. The van der Waals surface area contributed by atoms with Crippen LogP contribution in [-0.2, 0) is 12.6 Å². The van der Waals surface area contributed by atoms with Crippen LogP contribution in [0.2, 0.25) is 0 Å². The van der Waals surface area contributed by atoms with E-state index >= 15 is 0 Å². The summed E-state index contributed by atoms with van der Waals surface area (Å²) in [5.41, 5.74) is 2.62. The van der Waals surface area contributed by atoms with Gasteiger partial charge in [-0.1, -0.05) is 12.1 Å². The highest BCUT2D eigenvalue weighted by molar-refractivity contribution is 5.68. The van der Waals surface area contributed by atoms with Crippen LogP contribution in [0.4, 0.5) is 13.2 Å².